The zero-order valence-electron chi connectivity index (χ0n) is 11.9. The maximum Gasteiger partial charge on any atom is 0.127 e. The number of nitrogens with two attached hydrogens (primary N) is 1. The monoisotopic (exact) mass is 272 g/mol. The van der Waals surface area contributed by atoms with Crippen molar-refractivity contribution in [3.63, 3.8) is 0 Å². The Hall–Kier alpha value is -2.07. The first-order valence-electron chi connectivity index (χ1n) is 6.68. The molecule has 0 radical (unpaired) electrons. The van der Waals surface area contributed by atoms with Gasteiger partial charge >= 0.3 is 0 Å². The summed E-state index contributed by atoms with van der Waals surface area (Å²) in [6, 6.07) is 11.6. The molecule has 0 unspecified atom stereocenters. The number of pyridine rings is 1. The van der Waals surface area contributed by atoms with E-state index >= 15 is 0 Å². The van der Waals surface area contributed by atoms with E-state index in [4.69, 9.17) is 15.2 Å². The molecule has 0 saturated heterocycles. The molecule has 0 amide bonds. The molecule has 1 heterocycles. The van der Waals surface area contributed by atoms with Gasteiger partial charge in [0, 0.05) is 29.6 Å². The van der Waals surface area contributed by atoms with E-state index in [1.54, 1.807) is 0 Å². The molecule has 0 spiro atoms. The minimum atomic E-state index is 0.425. The van der Waals surface area contributed by atoms with Crippen LogP contribution in [0.15, 0.2) is 36.4 Å². The Bertz CT molecular complexity index is 556. The molecule has 0 aliphatic heterocycles. The summed E-state index contributed by atoms with van der Waals surface area (Å²) in [5.41, 5.74) is 8.55. The molecule has 4 heteroatoms. The van der Waals surface area contributed by atoms with Crippen LogP contribution in [0, 0.1) is 13.8 Å². The molecule has 0 bridgehead atoms. The standard InChI is InChI=1S/C16H20N2O2/c1-12-10-16(15(11-17)13(2)18-12)20-9-8-19-14-6-4-3-5-7-14/h3-7,10H,8-9,11,17H2,1-2H3. The summed E-state index contributed by atoms with van der Waals surface area (Å²) in [6.45, 7) is 5.29. The smallest absolute Gasteiger partial charge is 0.127 e. The van der Waals surface area contributed by atoms with Crippen molar-refractivity contribution in [1.82, 2.24) is 4.98 Å². The highest BCUT2D eigenvalue weighted by molar-refractivity contribution is 5.37. The number of aryl methyl sites for hydroxylation is 2. The van der Waals surface area contributed by atoms with Gasteiger partial charge in [-0.15, -0.1) is 0 Å². The molecular weight excluding hydrogens is 252 g/mol. The van der Waals surface area contributed by atoms with Gasteiger partial charge < -0.3 is 15.2 Å². The molecule has 1 aromatic heterocycles. The van der Waals surface area contributed by atoms with Crippen LogP contribution >= 0.6 is 0 Å². The van der Waals surface area contributed by atoms with E-state index in [-0.39, 0.29) is 0 Å². The Morgan fingerprint density at radius 1 is 1.05 bits per heavy atom. The Labute approximate surface area is 119 Å². The maximum absolute atomic E-state index is 5.77. The van der Waals surface area contributed by atoms with Crippen molar-refractivity contribution in [2.24, 2.45) is 5.73 Å². The molecule has 20 heavy (non-hydrogen) atoms. The molecule has 4 nitrogen and oxygen atoms in total. The molecule has 0 fully saturated rings. The van der Waals surface area contributed by atoms with Crippen LogP contribution in [-0.2, 0) is 6.54 Å². The zero-order chi connectivity index (χ0) is 14.4. The van der Waals surface area contributed by atoms with Crippen LogP contribution in [-0.4, -0.2) is 18.2 Å². The van der Waals surface area contributed by atoms with Crippen LogP contribution in [0.2, 0.25) is 0 Å². The van der Waals surface area contributed by atoms with Crippen molar-refractivity contribution in [2.45, 2.75) is 20.4 Å². The average Bonchev–Trinajstić information content (AvgIpc) is 2.44. The number of para-hydroxylation sites is 1. The Morgan fingerprint density at radius 3 is 2.45 bits per heavy atom. The Morgan fingerprint density at radius 2 is 1.75 bits per heavy atom. The third-order valence-corrected chi connectivity index (χ3v) is 2.98. The normalized spacial score (nSPS) is 10.3. The number of ether oxygens (including phenoxy) is 2. The third kappa shape index (κ3) is 3.71. The molecule has 2 N–H and O–H groups in total. The van der Waals surface area contributed by atoms with Crippen LogP contribution in [0.25, 0.3) is 0 Å². The highest BCUT2D eigenvalue weighted by atomic mass is 16.5. The summed E-state index contributed by atoms with van der Waals surface area (Å²) in [7, 11) is 0. The molecule has 0 saturated carbocycles. The lowest BCUT2D eigenvalue weighted by molar-refractivity contribution is 0.215. The molecule has 1 aromatic carbocycles. The van der Waals surface area contributed by atoms with Crippen LogP contribution in [0.5, 0.6) is 11.5 Å². The fraction of sp³-hybridized carbons (Fsp3) is 0.312. The van der Waals surface area contributed by atoms with Crippen LogP contribution in [0.4, 0.5) is 0 Å². The van der Waals surface area contributed by atoms with E-state index in [1.807, 2.05) is 50.2 Å². The second kappa shape index (κ2) is 6.91. The lowest BCUT2D eigenvalue weighted by Crippen LogP contribution is -2.12. The molecule has 0 aliphatic rings. The third-order valence-electron chi connectivity index (χ3n) is 2.98. The number of benzene rings is 1. The van der Waals surface area contributed by atoms with E-state index in [2.05, 4.69) is 4.98 Å². The van der Waals surface area contributed by atoms with Gasteiger partial charge in [0.15, 0.2) is 0 Å². The SMILES string of the molecule is Cc1cc(OCCOc2ccccc2)c(CN)c(C)n1. The summed E-state index contributed by atoms with van der Waals surface area (Å²) in [5.74, 6) is 1.64. The van der Waals surface area contributed by atoms with Gasteiger partial charge in [-0.05, 0) is 26.0 Å². The minimum absolute atomic E-state index is 0.425. The highest BCUT2D eigenvalue weighted by Crippen LogP contribution is 2.21. The lowest BCUT2D eigenvalue weighted by atomic mass is 10.1. The van der Waals surface area contributed by atoms with E-state index in [0.29, 0.717) is 19.8 Å². The van der Waals surface area contributed by atoms with Crippen molar-refractivity contribution in [3.8, 4) is 11.5 Å². The second-order valence-corrected chi connectivity index (χ2v) is 4.54. The van der Waals surface area contributed by atoms with Gasteiger partial charge in [0.05, 0.1) is 0 Å². The fourth-order valence-electron chi connectivity index (χ4n) is 2.02. The van der Waals surface area contributed by atoms with Gasteiger partial charge in [-0.3, -0.25) is 4.98 Å². The molecule has 0 aliphatic carbocycles. The van der Waals surface area contributed by atoms with E-state index in [1.165, 1.54) is 0 Å². The van der Waals surface area contributed by atoms with Crippen LogP contribution in [0.1, 0.15) is 17.0 Å². The quantitative estimate of drug-likeness (QED) is 0.821. The van der Waals surface area contributed by atoms with Gasteiger partial charge in [-0.2, -0.15) is 0 Å². The number of hydrogen-bond donors (Lipinski definition) is 1. The fourth-order valence-corrected chi connectivity index (χ4v) is 2.02. The first kappa shape index (κ1) is 14.3. The summed E-state index contributed by atoms with van der Waals surface area (Å²) >= 11 is 0. The second-order valence-electron chi connectivity index (χ2n) is 4.54. The van der Waals surface area contributed by atoms with E-state index in [0.717, 1.165) is 28.5 Å². The summed E-state index contributed by atoms with van der Waals surface area (Å²) in [5, 5.41) is 0. The number of rotatable bonds is 6. The number of aromatic nitrogens is 1. The molecule has 106 valence electrons. The van der Waals surface area contributed by atoms with Gasteiger partial charge in [-0.25, -0.2) is 0 Å². The largest absolute Gasteiger partial charge is 0.490 e. The minimum Gasteiger partial charge on any atom is -0.490 e. The predicted octanol–water partition coefficient (Wildman–Crippen LogP) is 2.61. The Balaban J connectivity index is 1.91. The van der Waals surface area contributed by atoms with E-state index in [9.17, 15) is 0 Å². The number of nitrogens with zero attached hydrogens (tertiary/aromatic N) is 1. The topological polar surface area (TPSA) is 57.4 Å². The highest BCUT2D eigenvalue weighted by Gasteiger charge is 2.08. The summed E-state index contributed by atoms with van der Waals surface area (Å²) < 4.78 is 11.4. The maximum atomic E-state index is 5.77. The first-order chi connectivity index (χ1) is 9.70. The number of hydrogen-bond acceptors (Lipinski definition) is 4. The summed E-state index contributed by atoms with van der Waals surface area (Å²) in [4.78, 5) is 4.39. The average molecular weight is 272 g/mol. The summed E-state index contributed by atoms with van der Waals surface area (Å²) in [6.07, 6.45) is 0. The zero-order valence-corrected chi connectivity index (χ0v) is 11.9. The molecule has 0 atom stereocenters. The van der Waals surface area contributed by atoms with Gasteiger partial charge in [0.2, 0.25) is 0 Å². The van der Waals surface area contributed by atoms with Crippen molar-refractivity contribution < 1.29 is 9.47 Å². The molecular formula is C16H20N2O2. The van der Waals surface area contributed by atoms with Crippen LogP contribution in [0.3, 0.4) is 0 Å². The van der Waals surface area contributed by atoms with Crippen LogP contribution < -0.4 is 15.2 Å². The van der Waals surface area contributed by atoms with Crippen molar-refractivity contribution in [1.29, 1.82) is 0 Å². The van der Waals surface area contributed by atoms with E-state index < -0.39 is 0 Å². The first-order valence-corrected chi connectivity index (χ1v) is 6.68. The predicted molar refractivity (Wildman–Crippen MR) is 79.0 cm³/mol. The lowest BCUT2D eigenvalue weighted by Gasteiger charge is -2.13. The van der Waals surface area contributed by atoms with Crippen molar-refractivity contribution in [2.75, 3.05) is 13.2 Å². The van der Waals surface area contributed by atoms with Crippen molar-refractivity contribution >= 4 is 0 Å². The van der Waals surface area contributed by atoms with Gasteiger partial charge in [0.25, 0.3) is 0 Å². The van der Waals surface area contributed by atoms with Gasteiger partial charge in [-0.1, -0.05) is 18.2 Å². The molecule has 2 aromatic rings. The van der Waals surface area contributed by atoms with Crippen molar-refractivity contribution in [3.05, 3.63) is 53.3 Å². The molecule has 2 rings (SSSR count). The Kier molecular flexibility index (Phi) is 4.96. The van der Waals surface area contributed by atoms with Gasteiger partial charge in [0.1, 0.15) is 24.7 Å².